The van der Waals surface area contributed by atoms with Crippen LogP contribution in [0.3, 0.4) is 0 Å². The molecule has 2 nitrogen and oxygen atoms in total. The van der Waals surface area contributed by atoms with Crippen LogP contribution in [0.5, 0.6) is 0 Å². The van der Waals surface area contributed by atoms with E-state index >= 15 is 0 Å². The third-order valence-corrected chi connectivity index (χ3v) is 0.701. The Hall–Kier alpha value is -0.990. The molecule has 0 aromatic rings. The third-order valence-electron chi connectivity index (χ3n) is 0.701. The van der Waals surface area contributed by atoms with Gasteiger partial charge in [0.25, 0.3) is 0 Å². The van der Waals surface area contributed by atoms with E-state index in [9.17, 15) is 4.79 Å². The van der Waals surface area contributed by atoms with E-state index in [2.05, 4.69) is 31.1 Å². The van der Waals surface area contributed by atoms with Gasteiger partial charge >= 0.3 is 5.97 Å². The van der Waals surface area contributed by atoms with Crippen molar-refractivity contribution in [1.29, 1.82) is 0 Å². The molecule has 0 amide bonds. The van der Waals surface area contributed by atoms with Crippen LogP contribution in [0.4, 0.5) is 0 Å². The van der Waals surface area contributed by atoms with Gasteiger partial charge in [0.2, 0.25) is 0 Å². The number of carbonyl (C=O) groups excluding carboxylic acids is 1. The molecule has 0 aromatic carbocycles. The first-order valence-electron chi connectivity index (χ1n) is 3.80. The van der Waals surface area contributed by atoms with Crippen molar-refractivity contribution in [1.82, 2.24) is 0 Å². The molecule has 0 aliphatic heterocycles. The molecule has 0 aliphatic rings. The Morgan fingerprint density at radius 3 is 1.47 bits per heavy atom. The van der Waals surface area contributed by atoms with Crippen LogP contribution < -0.4 is 0 Å². The van der Waals surface area contributed by atoms with Crippen LogP contribution in [-0.2, 0) is 9.53 Å². The van der Waals surface area contributed by atoms with Crippen molar-refractivity contribution in [2.75, 3.05) is 7.11 Å². The van der Waals surface area contributed by atoms with E-state index in [0.717, 1.165) is 0 Å². The lowest BCUT2D eigenvalue weighted by Gasteiger charge is -1.91. The van der Waals surface area contributed by atoms with Gasteiger partial charge in [-0.25, -0.2) is 4.79 Å². The summed E-state index contributed by atoms with van der Waals surface area (Å²) in [6, 6.07) is 0. The standard InChI is InChI=1S/C5H8O2.C4H6.C2H2Cl2/c1-4(2)5(6)7-3;1-3-4-2;1-2(3)4/h1H2,2-3H3;3-4H,1-2H2;1H2. The van der Waals surface area contributed by atoms with Gasteiger partial charge in [0.05, 0.1) is 11.6 Å². The van der Waals surface area contributed by atoms with Gasteiger partial charge in [-0.3, -0.25) is 0 Å². The fourth-order valence-electron chi connectivity index (χ4n) is 0.174. The quantitative estimate of drug-likeness (QED) is 0.420. The molecule has 0 spiro atoms. The highest BCUT2D eigenvalue weighted by Crippen LogP contribution is 1.98. The summed E-state index contributed by atoms with van der Waals surface area (Å²) in [6.45, 7) is 14.8. The van der Waals surface area contributed by atoms with E-state index < -0.39 is 0 Å². The molecule has 86 valence electrons. The smallest absolute Gasteiger partial charge is 0.332 e. The number of ether oxygens (including phenoxy) is 1. The van der Waals surface area contributed by atoms with Crippen LogP contribution >= 0.6 is 23.2 Å². The lowest BCUT2D eigenvalue weighted by molar-refractivity contribution is -0.136. The second-order valence-corrected chi connectivity index (χ2v) is 3.19. The molecule has 0 atom stereocenters. The highest BCUT2D eigenvalue weighted by atomic mass is 35.5. The van der Waals surface area contributed by atoms with E-state index in [1.807, 2.05) is 0 Å². The van der Waals surface area contributed by atoms with Crippen molar-refractivity contribution in [2.24, 2.45) is 0 Å². The summed E-state index contributed by atoms with van der Waals surface area (Å²) in [4.78, 5) is 10.2. The van der Waals surface area contributed by atoms with Gasteiger partial charge in [-0.2, -0.15) is 0 Å². The topological polar surface area (TPSA) is 26.3 Å². The number of carbonyl (C=O) groups is 1. The van der Waals surface area contributed by atoms with Crippen LogP contribution in [-0.4, -0.2) is 13.1 Å². The zero-order valence-electron chi connectivity index (χ0n) is 9.06. The Balaban J connectivity index is -0.000000155. The van der Waals surface area contributed by atoms with Crippen LogP contribution in [0.15, 0.2) is 48.5 Å². The molecule has 0 saturated heterocycles. The van der Waals surface area contributed by atoms with Crippen molar-refractivity contribution in [3.8, 4) is 0 Å². The first kappa shape index (κ1) is 19.6. The minimum atomic E-state index is -0.347. The lowest BCUT2D eigenvalue weighted by Crippen LogP contribution is -1.98. The van der Waals surface area contributed by atoms with E-state index in [-0.39, 0.29) is 10.5 Å². The lowest BCUT2D eigenvalue weighted by atomic mass is 10.4. The molecule has 0 saturated carbocycles. The van der Waals surface area contributed by atoms with E-state index in [0.29, 0.717) is 5.57 Å². The molecule has 0 N–H and O–H groups in total. The maximum Gasteiger partial charge on any atom is 0.332 e. The Morgan fingerprint density at radius 2 is 1.47 bits per heavy atom. The SMILES string of the molecule is C=C(C)C(=O)OC.C=C(Cl)Cl.C=CC=C. The third kappa shape index (κ3) is 43.7. The molecular weight excluding hydrogens is 235 g/mol. The van der Waals surface area contributed by atoms with Crippen molar-refractivity contribution < 1.29 is 9.53 Å². The summed E-state index contributed by atoms with van der Waals surface area (Å²) in [6.07, 6.45) is 3.28. The predicted molar refractivity (Wildman–Crippen MR) is 68.1 cm³/mol. The van der Waals surface area contributed by atoms with Crippen LogP contribution in [0, 0.1) is 0 Å². The number of methoxy groups -OCH3 is 1. The fraction of sp³-hybridized carbons (Fsp3) is 0.182. The summed E-state index contributed by atoms with van der Waals surface area (Å²) in [7, 11) is 1.33. The molecule has 0 rings (SSSR count). The Bertz CT molecular complexity index is 223. The van der Waals surface area contributed by atoms with Gasteiger partial charge in [-0.15, -0.1) is 0 Å². The highest BCUT2D eigenvalue weighted by molar-refractivity contribution is 6.55. The highest BCUT2D eigenvalue weighted by Gasteiger charge is 1.95. The average molecular weight is 251 g/mol. The molecule has 0 unspecified atom stereocenters. The summed E-state index contributed by atoms with van der Waals surface area (Å²) < 4.78 is 4.38. The first-order valence-corrected chi connectivity index (χ1v) is 4.56. The summed E-state index contributed by atoms with van der Waals surface area (Å²) in [5.74, 6) is -0.347. The molecule has 15 heavy (non-hydrogen) atoms. The zero-order chi connectivity index (χ0) is 12.9. The van der Waals surface area contributed by atoms with Gasteiger partial charge in [0.15, 0.2) is 0 Å². The predicted octanol–water partition coefficient (Wildman–Crippen LogP) is 4.03. The number of rotatable bonds is 2. The molecule has 0 aliphatic carbocycles. The maximum atomic E-state index is 10.2. The van der Waals surface area contributed by atoms with E-state index in [4.69, 9.17) is 23.2 Å². The van der Waals surface area contributed by atoms with E-state index in [1.165, 1.54) is 7.11 Å². The minimum absolute atomic E-state index is 0.111. The second-order valence-electron chi connectivity index (χ2n) is 2.08. The van der Waals surface area contributed by atoms with Crippen LogP contribution in [0.1, 0.15) is 6.92 Å². The normalized spacial score (nSPS) is 6.67. The largest absolute Gasteiger partial charge is 0.466 e. The van der Waals surface area contributed by atoms with Gasteiger partial charge in [-0.1, -0.05) is 61.7 Å². The summed E-state index contributed by atoms with van der Waals surface area (Å²) in [5, 5.41) is 0. The van der Waals surface area contributed by atoms with Crippen molar-refractivity contribution in [3.63, 3.8) is 0 Å². The number of allylic oxidation sites excluding steroid dienone is 2. The number of hydrogen-bond acceptors (Lipinski definition) is 2. The monoisotopic (exact) mass is 250 g/mol. The van der Waals surface area contributed by atoms with E-state index in [1.54, 1.807) is 19.1 Å². The fourth-order valence-corrected chi connectivity index (χ4v) is 0.174. The molecular formula is C11H16Cl2O2. The summed E-state index contributed by atoms with van der Waals surface area (Å²) >= 11 is 9.69. The summed E-state index contributed by atoms with van der Waals surface area (Å²) in [5.41, 5.74) is 0.433. The zero-order valence-corrected chi connectivity index (χ0v) is 10.6. The van der Waals surface area contributed by atoms with Gasteiger partial charge in [0.1, 0.15) is 0 Å². The minimum Gasteiger partial charge on any atom is -0.466 e. The molecule has 0 bridgehead atoms. The Labute approximate surface area is 102 Å². The molecule has 0 fully saturated rings. The van der Waals surface area contributed by atoms with Crippen molar-refractivity contribution >= 4 is 29.2 Å². The molecule has 4 heteroatoms. The van der Waals surface area contributed by atoms with Crippen LogP contribution in [0.25, 0.3) is 0 Å². The van der Waals surface area contributed by atoms with Gasteiger partial charge in [0, 0.05) is 5.57 Å². The number of hydrogen-bond donors (Lipinski definition) is 0. The Morgan fingerprint density at radius 1 is 1.20 bits per heavy atom. The molecule has 0 heterocycles. The molecule has 0 aromatic heterocycles. The average Bonchev–Trinajstić information content (AvgIpc) is 2.16. The van der Waals surface area contributed by atoms with Gasteiger partial charge in [-0.05, 0) is 6.92 Å². The second kappa shape index (κ2) is 15.5. The molecule has 0 radical (unpaired) electrons. The van der Waals surface area contributed by atoms with Crippen molar-refractivity contribution in [2.45, 2.75) is 6.92 Å². The van der Waals surface area contributed by atoms with Crippen molar-refractivity contribution in [3.05, 3.63) is 48.5 Å². The maximum absolute atomic E-state index is 10.2. The van der Waals surface area contributed by atoms with Gasteiger partial charge < -0.3 is 4.74 Å². The Kier molecular flexibility index (Phi) is 20.2. The number of halogens is 2. The number of esters is 1. The van der Waals surface area contributed by atoms with Crippen LogP contribution in [0.2, 0.25) is 0 Å². The first-order chi connectivity index (χ1) is 6.83.